The summed E-state index contributed by atoms with van der Waals surface area (Å²) in [6.07, 6.45) is -0.209. The second kappa shape index (κ2) is 6.73. The lowest BCUT2D eigenvalue weighted by Crippen LogP contribution is -2.29. The van der Waals surface area contributed by atoms with Gasteiger partial charge in [-0.25, -0.2) is 4.79 Å². The number of nitrogens with two attached hydrogens (primary N) is 1. The van der Waals surface area contributed by atoms with Crippen LogP contribution in [0.4, 0.5) is 0 Å². The first-order chi connectivity index (χ1) is 9.69. The lowest BCUT2D eigenvalue weighted by molar-refractivity contribution is 0.0317. The number of hydrogen-bond donors (Lipinski definition) is 1. The highest BCUT2D eigenvalue weighted by atomic mass is 16.6. The van der Waals surface area contributed by atoms with E-state index in [1.807, 2.05) is 30.3 Å². The first kappa shape index (κ1) is 14.1. The molecule has 0 aromatic heterocycles. The molecule has 2 aromatic rings. The van der Waals surface area contributed by atoms with Crippen LogP contribution in [-0.2, 0) is 11.2 Å². The van der Waals surface area contributed by atoms with E-state index in [2.05, 4.69) is 0 Å². The molecule has 0 aliphatic rings. The molecule has 104 valence electrons. The molecule has 1 atom stereocenters. The Morgan fingerprint density at radius 1 is 1.10 bits per heavy atom. The summed E-state index contributed by atoms with van der Waals surface area (Å²) in [6, 6.07) is 16.3. The second-order valence-electron chi connectivity index (χ2n) is 4.36. The van der Waals surface area contributed by atoms with E-state index in [9.17, 15) is 4.79 Å². The lowest BCUT2D eigenvalue weighted by atomic mass is 10.1. The largest absolute Gasteiger partial charge is 0.497 e. The molecule has 0 aliphatic heterocycles. The standard InChI is InChI=1S/C16H17NO3/c1-19-14-9-7-12(8-10-14)11-15(17)20-16(18)13-5-3-2-4-6-13/h2-10,15H,11,17H2,1H3. The summed E-state index contributed by atoms with van der Waals surface area (Å²) < 4.78 is 10.3. The molecule has 0 saturated carbocycles. The van der Waals surface area contributed by atoms with Gasteiger partial charge in [0.15, 0.2) is 6.23 Å². The SMILES string of the molecule is COc1ccc(CC(N)OC(=O)c2ccccc2)cc1. The Bertz CT molecular complexity index is 552. The molecule has 0 spiro atoms. The molecule has 0 radical (unpaired) electrons. The molecule has 2 N–H and O–H groups in total. The lowest BCUT2D eigenvalue weighted by Gasteiger charge is -2.13. The van der Waals surface area contributed by atoms with E-state index in [4.69, 9.17) is 15.2 Å². The van der Waals surface area contributed by atoms with Crippen LogP contribution in [0.2, 0.25) is 0 Å². The van der Waals surface area contributed by atoms with Crippen molar-refractivity contribution in [1.82, 2.24) is 0 Å². The molecule has 20 heavy (non-hydrogen) atoms. The number of benzene rings is 2. The number of carbonyl (C=O) groups excluding carboxylic acids is 1. The van der Waals surface area contributed by atoms with Crippen LogP contribution < -0.4 is 10.5 Å². The molecule has 0 bridgehead atoms. The zero-order valence-electron chi connectivity index (χ0n) is 11.3. The Morgan fingerprint density at radius 2 is 1.75 bits per heavy atom. The number of ether oxygens (including phenoxy) is 2. The molecule has 1 unspecified atom stereocenters. The Kier molecular flexibility index (Phi) is 4.74. The van der Waals surface area contributed by atoms with Gasteiger partial charge in [-0.3, -0.25) is 5.73 Å². The molecule has 2 rings (SSSR count). The Hall–Kier alpha value is -2.33. The first-order valence-corrected chi connectivity index (χ1v) is 6.33. The average molecular weight is 271 g/mol. The number of hydrogen-bond acceptors (Lipinski definition) is 4. The molecule has 4 heteroatoms. The van der Waals surface area contributed by atoms with E-state index in [0.717, 1.165) is 11.3 Å². The topological polar surface area (TPSA) is 61.6 Å². The van der Waals surface area contributed by atoms with E-state index in [-0.39, 0.29) is 0 Å². The van der Waals surface area contributed by atoms with Crippen molar-refractivity contribution in [3.8, 4) is 5.75 Å². The van der Waals surface area contributed by atoms with E-state index in [1.165, 1.54) is 0 Å². The van der Waals surface area contributed by atoms with Gasteiger partial charge in [0.1, 0.15) is 5.75 Å². The molecule has 0 amide bonds. The van der Waals surface area contributed by atoms with E-state index in [0.29, 0.717) is 12.0 Å². The van der Waals surface area contributed by atoms with Crippen LogP contribution in [0.25, 0.3) is 0 Å². The highest BCUT2D eigenvalue weighted by molar-refractivity contribution is 5.89. The van der Waals surface area contributed by atoms with Crippen molar-refractivity contribution in [2.45, 2.75) is 12.6 Å². The summed E-state index contributed by atoms with van der Waals surface area (Å²) in [5, 5.41) is 0. The summed E-state index contributed by atoms with van der Waals surface area (Å²) >= 11 is 0. The molecule has 2 aromatic carbocycles. The van der Waals surface area contributed by atoms with E-state index < -0.39 is 12.2 Å². The molecule has 0 heterocycles. The highest BCUT2D eigenvalue weighted by Crippen LogP contribution is 2.13. The third-order valence-electron chi connectivity index (χ3n) is 2.86. The van der Waals surface area contributed by atoms with Crippen molar-refractivity contribution in [3.63, 3.8) is 0 Å². The van der Waals surface area contributed by atoms with E-state index in [1.54, 1.807) is 31.4 Å². The van der Waals surface area contributed by atoms with Gasteiger partial charge in [-0.1, -0.05) is 30.3 Å². The van der Waals surface area contributed by atoms with Crippen LogP contribution in [0.15, 0.2) is 54.6 Å². The maximum absolute atomic E-state index is 11.8. The highest BCUT2D eigenvalue weighted by Gasteiger charge is 2.12. The summed E-state index contributed by atoms with van der Waals surface area (Å²) in [7, 11) is 1.61. The quantitative estimate of drug-likeness (QED) is 0.670. The molecular weight excluding hydrogens is 254 g/mol. The zero-order valence-corrected chi connectivity index (χ0v) is 11.3. The third-order valence-corrected chi connectivity index (χ3v) is 2.86. The molecule has 0 aliphatic carbocycles. The third kappa shape index (κ3) is 3.83. The van der Waals surface area contributed by atoms with Crippen molar-refractivity contribution >= 4 is 5.97 Å². The summed E-state index contributed by atoms with van der Waals surface area (Å²) in [6.45, 7) is 0. The number of carbonyl (C=O) groups is 1. The number of esters is 1. The number of methoxy groups -OCH3 is 1. The van der Waals surface area contributed by atoms with Crippen molar-refractivity contribution in [2.75, 3.05) is 7.11 Å². The van der Waals surface area contributed by atoms with Crippen molar-refractivity contribution in [1.29, 1.82) is 0 Å². The van der Waals surface area contributed by atoms with Crippen LogP contribution in [-0.4, -0.2) is 19.3 Å². The monoisotopic (exact) mass is 271 g/mol. The summed E-state index contributed by atoms with van der Waals surface area (Å²) in [5.74, 6) is 0.371. The van der Waals surface area contributed by atoms with Gasteiger partial charge in [0.25, 0.3) is 0 Å². The minimum absolute atomic E-state index is 0.411. The van der Waals surface area contributed by atoms with Crippen LogP contribution in [0.1, 0.15) is 15.9 Å². The van der Waals surface area contributed by atoms with Gasteiger partial charge in [-0.15, -0.1) is 0 Å². The summed E-state index contributed by atoms with van der Waals surface area (Å²) in [4.78, 5) is 11.8. The number of rotatable bonds is 5. The fourth-order valence-electron chi connectivity index (χ4n) is 1.82. The zero-order chi connectivity index (χ0) is 14.4. The van der Waals surface area contributed by atoms with Crippen molar-refractivity contribution in [3.05, 3.63) is 65.7 Å². The van der Waals surface area contributed by atoms with E-state index >= 15 is 0 Å². The average Bonchev–Trinajstić information content (AvgIpc) is 2.49. The van der Waals surface area contributed by atoms with Gasteiger partial charge in [0.2, 0.25) is 0 Å². The fourth-order valence-corrected chi connectivity index (χ4v) is 1.82. The molecular formula is C16H17NO3. The molecule has 0 fully saturated rings. The summed E-state index contributed by atoms with van der Waals surface area (Å²) in [5.41, 5.74) is 7.32. The predicted octanol–water partition coefficient (Wildman–Crippen LogP) is 2.38. The van der Waals surface area contributed by atoms with Crippen LogP contribution >= 0.6 is 0 Å². The Balaban J connectivity index is 1.91. The maximum atomic E-state index is 11.8. The second-order valence-corrected chi connectivity index (χ2v) is 4.36. The smallest absolute Gasteiger partial charge is 0.339 e. The first-order valence-electron chi connectivity index (χ1n) is 6.33. The van der Waals surface area contributed by atoms with Gasteiger partial charge in [-0.05, 0) is 29.8 Å². The van der Waals surface area contributed by atoms with Crippen LogP contribution in [0.3, 0.4) is 0 Å². The van der Waals surface area contributed by atoms with Crippen LogP contribution in [0.5, 0.6) is 5.75 Å². The molecule has 0 saturated heterocycles. The van der Waals surface area contributed by atoms with Gasteiger partial charge in [0.05, 0.1) is 12.7 Å². The van der Waals surface area contributed by atoms with Gasteiger partial charge in [-0.2, -0.15) is 0 Å². The van der Waals surface area contributed by atoms with Gasteiger partial charge >= 0.3 is 5.97 Å². The van der Waals surface area contributed by atoms with Crippen LogP contribution in [0, 0.1) is 0 Å². The van der Waals surface area contributed by atoms with Gasteiger partial charge < -0.3 is 9.47 Å². The maximum Gasteiger partial charge on any atom is 0.339 e. The Morgan fingerprint density at radius 3 is 2.35 bits per heavy atom. The normalized spacial score (nSPS) is 11.7. The minimum Gasteiger partial charge on any atom is -0.497 e. The van der Waals surface area contributed by atoms with Crippen molar-refractivity contribution in [2.24, 2.45) is 5.73 Å². The van der Waals surface area contributed by atoms with Gasteiger partial charge in [0, 0.05) is 6.42 Å². The minimum atomic E-state index is -0.670. The molecule has 4 nitrogen and oxygen atoms in total. The predicted molar refractivity (Wildman–Crippen MR) is 76.5 cm³/mol. The van der Waals surface area contributed by atoms with Crippen molar-refractivity contribution < 1.29 is 14.3 Å². The fraction of sp³-hybridized carbons (Fsp3) is 0.188. The Labute approximate surface area is 118 Å².